The van der Waals surface area contributed by atoms with Crippen molar-refractivity contribution in [3.63, 3.8) is 0 Å². The van der Waals surface area contributed by atoms with Crippen LogP contribution in [0.5, 0.6) is 5.75 Å². The van der Waals surface area contributed by atoms with Gasteiger partial charge in [0.2, 0.25) is 11.7 Å². The van der Waals surface area contributed by atoms with Crippen LogP contribution < -0.4 is 10.6 Å². The molecule has 0 saturated carbocycles. The van der Waals surface area contributed by atoms with Crippen LogP contribution in [0.15, 0.2) is 49.1 Å². The lowest BCUT2D eigenvalue weighted by Crippen LogP contribution is -2.17. The Morgan fingerprint density at radius 1 is 1.04 bits per heavy atom. The molecule has 7 heteroatoms. The molecule has 0 saturated heterocycles. The first kappa shape index (κ1) is 16.2. The van der Waals surface area contributed by atoms with Gasteiger partial charge in [0, 0.05) is 0 Å². The molecule has 118 valence electrons. The number of carbonyl (C=O) groups is 2. The number of phenols is 1. The molecule has 0 aliphatic rings. The Balaban J connectivity index is 2.30. The zero-order chi connectivity index (χ0) is 17.0. The maximum atomic E-state index is 13.3. The summed E-state index contributed by atoms with van der Waals surface area (Å²) in [6.45, 7) is 3.31. The van der Waals surface area contributed by atoms with Crippen molar-refractivity contribution >= 4 is 23.2 Å². The number of carbonyl (C=O) groups excluding carboxylic acids is 2. The highest BCUT2D eigenvalue weighted by Crippen LogP contribution is 2.29. The second-order valence-electron chi connectivity index (χ2n) is 4.45. The molecule has 5 nitrogen and oxygen atoms in total. The Hall–Kier alpha value is -3.22. The lowest BCUT2D eigenvalue weighted by molar-refractivity contribution is -0.111. The highest BCUT2D eigenvalue weighted by atomic mass is 19.2. The zero-order valence-electron chi connectivity index (χ0n) is 11.8. The van der Waals surface area contributed by atoms with Crippen LogP contribution in [0.1, 0.15) is 10.4 Å². The van der Waals surface area contributed by atoms with E-state index in [4.69, 9.17) is 0 Å². The highest BCUT2D eigenvalue weighted by Gasteiger charge is 2.17. The molecule has 2 rings (SSSR count). The van der Waals surface area contributed by atoms with Crippen LogP contribution in [0.4, 0.5) is 20.2 Å². The van der Waals surface area contributed by atoms with Crippen molar-refractivity contribution in [1.82, 2.24) is 0 Å². The smallest absolute Gasteiger partial charge is 0.257 e. The second-order valence-corrected chi connectivity index (χ2v) is 4.45. The third kappa shape index (κ3) is 3.52. The van der Waals surface area contributed by atoms with Gasteiger partial charge in [0.15, 0.2) is 11.6 Å². The van der Waals surface area contributed by atoms with Gasteiger partial charge in [-0.25, -0.2) is 4.39 Å². The van der Waals surface area contributed by atoms with E-state index in [9.17, 15) is 23.5 Å². The van der Waals surface area contributed by atoms with Gasteiger partial charge in [0.05, 0.1) is 16.9 Å². The number of anilines is 2. The first-order valence-corrected chi connectivity index (χ1v) is 6.44. The molecular weight excluding hydrogens is 306 g/mol. The summed E-state index contributed by atoms with van der Waals surface area (Å²) in [5.41, 5.74) is -0.0115. The van der Waals surface area contributed by atoms with E-state index in [1.807, 2.05) is 0 Å². The molecule has 2 aromatic rings. The van der Waals surface area contributed by atoms with Gasteiger partial charge in [0.25, 0.3) is 5.91 Å². The molecule has 3 N–H and O–H groups in total. The zero-order valence-corrected chi connectivity index (χ0v) is 11.8. The van der Waals surface area contributed by atoms with E-state index in [0.29, 0.717) is 0 Å². The molecule has 0 spiro atoms. The van der Waals surface area contributed by atoms with E-state index in [1.165, 1.54) is 12.1 Å². The highest BCUT2D eigenvalue weighted by molar-refractivity contribution is 6.11. The van der Waals surface area contributed by atoms with E-state index >= 15 is 0 Å². The van der Waals surface area contributed by atoms with Gasteiger partial charge in [-0.3, -0.25) is 9.59 Å². The Morgan fingerprint density at radius 2 is 1.74 bits per heavy atom. The molecule has 0 unspecified atom stereocenters. The molecule has 0 fully saturated rings. The first-order chi connectivity index (χ1) is 10.9. The van der Waals surface area contributed by atoms with E-state index in [0.717, 1.165) is 18.2 Å². The van der Waals surface area contributed by atoms with Crippen molar-refractivity contribution in [2.45, 2.75) is 0 Å². The SMILES string of the molecule is C=CC(=O)Nc1ccccc1C(=O)Nc1ccc(F)c(F)c1O. The minimum absolute atomic E-state index is 0.0758. The maximum absolute atomic E-state index is 13.3. The van der Waals surface area contributed by atoms with Crippen LogP contribution in [-0.4, -0.2) is 16.9 Å². The third-order valence-electron chi connectivity index (χ3n) is 2.93. The van der Waals surface area contributed by atoms with Gasteiger partial charge in [-0.2, -0.15) is 4.39 Å². The number of aromatic hydroxyl groups is 1. The van der Waals surface area contributed by atoms with Crippen molar-refractivity contribution in [3.05, 3.63) is 66.3 Å². The first-order valence-electron chi connectivity index (χ1n) is 6.44. The Bertz CT molecular complexity index is 791. The van der Waals surface area contributed by atoms with Crippen LogP contribution in [0.3, 0.4) is 0 Å². The van der Waals surface area contributed by atoms with E-state index < -0.39 is 29.2 Å². The summed E-state index contributed by atoms with van der Waals surface area (Å²) < 4.78 is 26.3. The van der Waals surface area contributed by atoms with Crippen LogP contribution in [0, 0.1) is 11.6 Å². The van der Waals surface area contributed by atoms with E-state index in [1.54, 1.807) is 12.1 Å². The molecule has 0 bridgehead atoms. The standard InChI is InChI=1S/C16H12F2N2O3/c1-2-13(21)19-11-6-4-3-5-9(11)16(23)20-12-8-7-10(17)14(18)15(12)22/h2-8,22H,1H2,(H,19,21)(H,20,23). The molecule has 23 heavy (non-hydrogen) atoms. The number of phenolic OH excluding ortho intramolecular Hbond substituents is 1. The van der Waals surface area contributed by atoms with Gasteiger partial charge < -0.3 is 15.7 Å². The monoisotopic (exact) mass is 318 g/mol. The van der Waals surface area contributed by atoms with Crippen molar-refractivity contribution in [2.24, 2.45) is 0 Å². The van der Waals surface area contributed by atoms with Crippen molar-refractivity contribution < 1.29 is 23.5 Å². The fourth-order valence-electron chi connectivity index (χ4n) is 1.80. The summed E-state index contributed by atoms with van der Waals surface area (Å²) in [5, 5.41) is 14.2. The molecule has 0 heterocycles. The number of halogens is 2. The summed E-state index contributed by atoms with van der Waals surface area (Å²) in [6.07, 6.45) is 1.04. The van der Waals surface area contributed by atoms with Crippen LogP contribution in [0.25, 0.3) is 0 Å². The van der Waals surface area contributed by atoms with Crippen LogP contribution in [0.2, 0.25) is 0 Å². The number of amides is 2. The average molecular weight is 318 g/mol. The van der Waals surface area contributed by atoms with Gasteiger partial charge in [-0.1, -0.05) is 18.7 Å². The summed E-state index contributed by atoms with van der Waals surface area (Å²) in [4.78, 5) is 23.6. The van der Waals surface area contributed by atoms with E-state index in [-0.39, 0.29) is 16.9 Å². The Morgan fingerprint density at radius 3 is 2.43 bits per heavy atom. The number of nitrogens with one attached hydrogen (secondary N) is 2. The molecule has 0 aliphatic heterocycles. The number of hydrogen-bond acceptors (Lipinski definition) is 3. The largest absolute Gasteiger partial charge is 0.503 e. The Kier molecular flexibility index (Phi) is 4.70. The molecule has 0 aromatic heterocycles. The quantitative estimate of drug-likeness (QED) is 0.599. The maximum Gasteiger partial charge on any atom is 0.257 e. The van der Waals surface area contributed by atoms with Gasteiger partial charge in [-0.15, -0.1) is 0 Å². The van der Waals surface area contributed by atoms with Gasteiger partial charge >= 0.3 is 0 Å². The summed E-state index contributed by atoms with van der Waals surface area (Å²) in [6, 6.07) is 7.87. The molecule has 0 atom stereocenters. The van der Waals surface area contributed by atoms with Gasteiger partial charge in [0.1, 0.15) is 0 Å². The summed E-state index contributed by atoms with van der Waals surface area (Å²) in [5.74, 6) is -4.94. The topological polar surface area (TPSA) is 78.4 Å². The van der Waals surface area contributed by atoms with E-state index in [2.05, 4.69) is 17.2 Å². The van der Waals surface area contributed by atoms with Crippen molar-refractivity contribution in [1.29, 1.82) is 0 Å². The van der Waals surface area contributed by atoms with Crippen molar-refractivity contribution in [2.75, 3.05) is 10.6 Å². The fourth-order valence-corrected chi connectivity index (χ4v) is 1.80. The molecule has 2 aromatic carbocycles. The number of para-hydroxylation sites is 1. The second kappa shape index (κ2) is 6.69. The molecule has 0 aliphatic carbocycles. The number of rotatable bonds is 4. The third-order valence-corrected chi connectivity index (χ3v) is 2.93. The predicted octanol–water partition coefficient (Wildman–Crippen LogP) is 3.05. The number of hydrogen-bond donors (Lipinski definition) is 3. The number of benzene rings is 2. The molecule has 2 amide bonds. The minimum Gasteiger partial charge on any atom is -0.503 e. The van der Waals surface area contributed by atoms with Crippen molar-refractivity contribution in [3.8, 4) is 5.75 Å². The predicted molar refractivity (Wildman–Crippen MR) is 81.2 cm³/mol. The normalized spacial score (nSPS) is 10.0. The molecule has 0 radical (unpaired) electrons. The molecular formula is C16H12F2N2O3. The Labute approximate surface area is 130 Å². The lowest BCUT2D eigenvalue weighted by Gasteiger charge is -2.11. The van der Waals surface area contributed by atoms with Crippen LogP contribution in [-0.2, 0) is 4.79 Å². The average Bonchev–Trinajstić information content (AvgIpc) is 2.55. The minimum atomic E-state index is -1.46. The fraction of sp³-hybridized carbons (Fsp3) is 0. The van der Waals surface area contributed by atoms with Crippen LogP contribution >= 0.6 is 0 Å². The summed E-state index contributed by atoms with van der Waals surface area (Å²) >= 11 is 0. The lowest BCUT2D eigenvalue weighted by atomic mass is 10.1. The summed E-state index contributed by atoms with van der Waals surface area (Å²) in [7, 11) is 0. The van der Waals surface area contributed by atoms with Gasteiger partial charge in [-0.05, 0) is 30.3 Å².